The second-order valence-electron chi connectivity index (χ2n) is 5.36. The first-order chi connectivity index (χ1) is 11.8. The summed E-state index contributed by atoms with van der Waals surface area (Å²) in [4.78, 5) is 16.2. The normalized spacial score (nSPS) is 11.7. The third kappa shape index (κ3) is 3.61. The van der Waals surface area contributed by atoms with Crippen LogP contribution in [0.1, 0.15) is 15.9 Å². The quantitative estimate of drug-likeness (QED) is 0.623. The molecular formula is C18H12F3NO2S. The number of halogens is 3. The lowest BCUT2D eigenvalue weighted by Gasteiger charge is -2.13. The summed E-state index contributed by atoms with van der Waals surface area (Å²) in [5.41, 5.74) is -2.47. The summed E-state index contributed by atoms with van der Waals surface area (Å²) in [6, 6.07) is 13.0. The monoisotopic (exact) mass is 363 g/mol. The number of carboxylic acid groups (broad SMARTS) is 1. The Morgan fingerprint density at radius 2 is 1.80 bits per heavy atom. The highest BCUT2D eigenvalue weighted by molar-refractivity contribution is 8.00. The molecule has 128 valence electrons. The molecule has 1 heterocycles. The first kappa shape index (κ1) is 17.3. The van der Waals surface area contributed by atoms with Crippen LogP contribution >= 0.6 is 11.8 Å². The number of benzene rings is 2. The maximum atomic E-state index is 12.6. The Bertz CT molecular complexity index is 956. The van der Waals surface area contributed by atoms with Gasteiger partial charge in [0.1, 0.15) is 0 Å². The van der Waals surface area contributed by atoms with Gasteiger partial charge in [0.2, 0.25) is 0 Å². The Hall–Kier alpha value is -2.54. The van der Waals surface area contributed by atoms with Crippen molar-refractivity contribution in [2.75, 3.05) is 0 Å². The maximum Gasteiger partial charge on any atom is 0.446 e. The standard InChI is InChI=1S/C18H12F3NO2S/c1-10-15(17(23)24)13-9-12(25-18(19,20)21)7-8-14(13)22-16(10)11-5-3-2-4-6-11/h2-9H,1H3,(H,23,24). The number of hydrogen-bond donors (Lipinski definition) is 1. The highest BCUT2D eigenvalue weighted by Gasteiger charge is 2.29. The van der Waals surface area contributed by atoms with Gasteiger partial charge in [0.25, 0.3) is 0 Å². The number of thioether (sulfide) groups is 1. The van der Waals surface area contributed by atoms with E-state index in [0.29, 0.717) is 16.8 Å². The van der Waals surface area contributed by atoms with E-state index in [-0.39, 0.29) is 27.6 Å². The third-order valence-corrected chi connectivity index (χ3v) is 4.42. The maximum absolute atomic E-state index is 12.6. The Morgan fingerprint density at radius 3 is 2.40 bits per heavy atom. The number of carbonyl (C=O) groups is 1. The summed E-state index contributed by atoms with van der Waals surface area (Å²) in [5, 5.41) is 9.80. The van der Waals surface area contributed by atoms with E-state index in [1.165, 1.54) is 18.2 Å². The molecule has 0 radical (unpaired) electrons. The number of aromatic carboxylic acids is 1. The first-order valence-corrected chi connectivity index (χ1v) is 8.07. The van der Waals surface area contributed by atoms with Crippen LogP contribution in [-0.2, 0) is 0 Å². The van der Waals surface area contributed by atoms with E-state index in [9.17, 15) is 23.1 Å². The van der Waals surface area contributed by atoms with Gasteiger partial charge in [0, 0.05) is 15.8 Å². The molecule has 3 nitrogen and oxygen atoms in total. The van der Waals surface area contributed by atoms with Crippen LogP contribution in [-0.4, -0.2) is 21.6 Å². The van der Waals surface area contributed by atoms with Crippen molar-refractivity contribution in [3.05, 3.63) is 59.7 Å². The first-order valence-electron chi connectivity index (χ1n) is 7.25. The van der Waals surface area contributed by atoms with Crippen LogP contribution in [0.15, 0.2) is 53.4 Å². The summed E-state index contributed by atoms with van der Waals surface area (Å²) in [7, 11) is 0. The topological polar surface area (TPSA) is 50.2 Å². The van der Waals surface area contributed by atoms with Crippen LogP contribution < -0.4 is 0 Å². The fourth-order valence-electron chi connectivity index (χ4n) is 2.69. The van der Waals surface area contributed by atoms with E-state index in [2.05, 4.69) is 4.98 Å². The van der Waals surface area contributed by atoms with Crippen molar-refractivity contribution in [1.29, 1.82) is 0 Å². The van der Waals surface area contributed by atoms with E-state index >= 15 is 0 Å². The highest BCUT2D eigenvalue weighted by atomic mass is 32.2. The number of nitrogens with zero attached hydrogens (tertiary/aromatic N) is 1. The second-order valence-corrected chi connectivity index (χ2v) is 6.50. The smallest absolute Gasteiger partial charge is 0.446 e. The van der Waals surface area contributed by atoms with Gasteiger partial charge in [-0.25, -0.2) is 9.78 Å². The van der Waals surface area contributed by atoms with Gasteiger partial charge in [0.05, 0.1) is 16.8 Å². The molecule has 0 saturated heterocycles. The van der Waals surface area contributed by atoms with Gasteiger partial charge in [-0.2, -0.15) is 13.2 Å². The molecule has 25 heavy (non-hydrogen) atoms. The molecule has 0 aliphatic carbocycles. The van der Waals surface area contributed by atoms with Crippen molar-refractivity contribution in [3.8, 4) is 11.3 Å². The minimum absolute atomic E-state index is 0.0338. The van der Waals surface area contributed by atoms with Crippen LogP contribution in [0.5, 0.6) is 0 Å². The molecule has 0 spiro atoms. The molecule has 0 atom stereocenters. The van der Waals surface area contributed by atoms with Crippen LogP contribution in [0.4, 0.5) is 13.2 Å². The van der Waals surface area contributed by atoms with Crippen molar-refractivity contribution in [3.63, 3.8) is 0 Å². The van der Waals surface area contributed by atoms with E-state index in [1.807, 2.05) is 18.2 Å². The fraction of sp³-hybridized carbons (Fsp3) is 0.111. The summed E-state index contributed by atoms with van der Waals surface area (Å²) in [5.74, 6) is -1.20. The molecule has 0 saturated carbocycles. The van der Waals surface area contributed by atoms with Crippen LogP contribution in [0.2, 0.25) is 0 Å². The van der Waals surface area contributed by atoms with Crippen molar-refractivity contribution in [2.24, 2.45) is 0 Å². The van der Waals surface area contributed by atoms with Gasteiger partial charge in [-0.1, -0.05) is 30.3 Å². The lowest BCUT2D eigenvalue weighted by molar-refractivity contribution is -0.0328. The Kier molecular flexibility index (Phi) is 4.43. The van der Waals surface area contributed by atoms with Gasteiger partial charge in [0.15, 0.2) is 0 Å². The van der Waals surface area contributed by atoms with Crippen LogP contribution in [0.3, 0.4) is 0 Å². The molecule has 1 aromatic heterocycles. The van der Waals surface area contributed by atoms with E-state index < -0.39 is 11.5 Å². The average Bonchev–Trinajstić information content (AvgIpc) is 2.53. The predicted molar refractivity (Wildman–Crippen MR) is 90.8 cm³/mol. The van der Waals surface area contributed by atoms with Gasteiger partial charge >= 0.3 is 11.5 Å². The molecule has 7 heteroatoms. The molecule has 0 bridgehead atoms. The molecule has 0 unspecified atom stereocenters. The number of pyridine rings is 1. The lowest BCUT2D eigenvalue weighted by atomic mass is 9.98. The molecule has 2 aromatic carbocycles. The Labute approximate surface area is 145 Å². The lowest BCUT2D eigenvalue weighted by Crippen LogP contribution is -2.05. The fourth-order valence-corrected chi connectivity index (χ4v) is 3.27. The minimum atomic E-state index is -4.44. The molecule has 0 amide bonds. The average molecular weight is 363 g/mol. The highest BCUT2D eigenvalue weighted by Crippen LogP contribution is 2.39. The van der Waals surface area contributed by atoms with Crippen molar-refractivity contribution < 1.29 is 23.1 Å². The summed E-state index contributed by atoms with van der Waals surface area (Å²) >= 11 is -0.278. The summed E-state index contributed by atoms with van der Waals surface area (Å²) in [6.45, 7) is 1.61. The molecule has 3 aromatic rings. The van der Waals surface area contributed by atoms with E-state index in [0.717, 1.165) is 5.56 Å². The van der Waals surface area contributed by atoms with Crippen molar-refractivity contribution in [1.82, 2.24) is 4.98 Å². The predicted octanol–water partition coefficient (Wildman–Crippen LogP) is 5.52. The van der Waals surface area contributed by atoms with Gasteiger partial charge in [-0.3, -0.25) is 0 Å². The van der Waals surface area contributed by atoms with Gasteiger partial charge in [-0.15, -0.1) is 0 Å². The Balaban J connectivity index is 2.26. The molecule has 0 fully saturated rings. The van der Waals surface area contributed by atoms with Crippen LogP contribution in [0, 0.1) is 6.92 Å². The minimum Gasteiger partial charge on any atom is -0.478 e. The number of hydrogen-bond acceptors (Lipinski definition) is 3. The molecular weight excluding hydrogens is 351 g/mol. The number of aromatic nitrogens is 1. The molecule has 0 aliphatic rings. The number of rotatable bonds is 3. The third-order valence-electron chi connectivity index (χ3n) is 3.69. The number of carboxylic acids is 1. The number of alkyl halides is 3. The molecule has 0 aliphatic heterocycles. The largest absolute Gasteiger partial charge is 0.478 e. The van der Waals surface area contributed by atoms with Gasteiger partial charge < -0.3 is 5.11 Å². The zero-order chi connectivity index (χ0) is 18.2. The Morgan fingerprint density at radius 1 is 1.12 bits per heavy atom. The second kappa shape index (κ2) is 6.40. The SMILES string of the molecule is Cc1c(-c2ccccc2)nc2ccc(SC(F)(F)F)cc2c1C(=O)O. The van der Waals surface area contributed by atoms with E-state index in [1.54, 1.807) is 19.1 Å². The van der Waals surface area contributed by atoms with E-state index in [4.69, 9.17) is 0 Å². The zero-order valence-electron chi connectivity index (χ0n) is 13.0. The van der Waals surface area contributed by atoms with Crippen LogP contribution in [0.25, 0.3) is 22.2 Å². The zero-order valence-corrected chi connectivity index (χ0v) is 13.8. The summed E-state index contributed by atoms with van der Waals surface area (Å²) in [6.07, 6.45) is 0. The van der Waals surface area contributed by atoms with Crippen molar-refractivity contribution >= 4 is 28.6 Å². The summed E-state index contributed by atoms with van der Waals surface area (Å²) < 4.78 is 37.8. The van der Waals surface area contributed by atoms with Crippen molar-refractivity contribution in [2.45, 2.75) is 17.3 Å². The molecule has 1 N–H and O–H groups in total. The van der Waals surface area contributed by atoms with Gasteiger partial charge in [-0.05, 0) is 42.4 Å². The number of fused-ring (bicyclic) bond motifs is 1. The molecule has 3 rings (SSSR count).